The summed E-state index contributed by atoms with van der Waals surface area (Å²) >= 11 is 0. The Morgan fingerprint density at radius 3 is 1.12 bits per heavy atom. The van der Waals surface area contributed by atoms with E-state index in [1.165, 1.54) is 0 Å². The highest BCUT2D eigenvalue weighted by Crippen LogP contribution is 2.23. The highest BCUT2D eigenvalue weighted by atomic mass is 28.4. The van der Waals surface area contributed by atoms with Crippen LogP contribution >= 0.6 is 0 Å². The number of aryl methyl sites for hydroxylation is 4. The molecule has 2 aromatic rings. The van der Waals surface area contributed by atoms with Gasteiger partial charge in [0.15, 0.2) is 11.6 Å². The summed E-state index contributed by atoms with van der Waals surface area (Å²) in [7, 11) is -5.39. The monoisotopic (exact) mass is 628 g/mol. The van der Waals surface area contributed by atoms with Gasteiger partial charge in [-0.1, -0.05) is 13.8 Å². The van der Waals surface area contributed by atoms with Gasteiger partial charge in [0.25, 0.3) is 0 Å². The number of aromatic nitrogens is 6. The van der Waals surface area contributed by atoms with E-state index >= 15 is 0 Å². The maximum atomic E-state index is 6.02. The maximum Gasteiger partial charge on any atom is 0.500 e. The van der Waals surface area contributed by atoms with Gasteiger partial charge in [-0.05, 0) is 61.3 Å². The summed E-state index contributed by atoms with van der Waals surface area (Å²) in [5.74, 6) is 3.26. The fraction of sp³-hybridized carbons (Fsp3) is 0.857. The molecule has 0 aliphatic rings. The first kappa shape index (κ1) is 36.7. The Balaban J connectivity index is 2.14. The minimum absolute atomic E-state index is 0.129. The topological polar surface area (TPSA) is 117 Å². The van der Waals surface area contributed by atoms with E-state index in [1.54, 1.807) is 0 Å². The molecule has 14 heteroatoms. The summed E-state index contributed by atoms with van der Waals surface area (Å²) in [5.41, 5.74) is 0. The van der Waals surface area contributed by atoms with Crippen LogP contribution in [0.1, 0.15) is 104 Å². The minimum atomic E-state index is -2.70. The molecular weight excluding hydrogens is 573 g/mol. The van der Waals surface area contributed by atoms with Crippen LogP contribution in [0, 0.1) is 0 Å². The summed E-state index contributed by atoms with van der Waals surface area (Å²) in [6.45, 7) is 23.1. The minimum Gasteiger partial charge on any atom is -0.374 e. The fourth-order valence-corrected chi connectivity index (χ4v) is 10.2. The zero-order chi connectivity index (χ0) is 31.0. The highest BCUT2D eigenvalue weighted by Gasteiger charge is 2.40. The van der Waals surface area contributed by atoms with Gasteiger partial charge in [0.2, 0.25) is 0 Å². The molecule has 2 aromatic heterocycles. The summed E-state index contributed by atoms with van der Waals surface area (Å²) in [5, 5.41) is 9.80. The lowest BCUT2D eigenvalue weighted by atomic mass is 10.1. The van der Waals surface area contributed by atoms with Crippen molar-refractivity contribution >= 4 is 17.6 Å². The molecule has 0 amide bonds. The van der Waals surface area contributed by atoms with Gasteiger partial charge in [0.05, 0.1) is 5.92 Å². The van der Waals surface area contributed by atoms with Crippen LogP contribution in [0.25, 0.3) is 0 Å². The van der Waals surface area contributed by atoms with Crippen molar-refractivity contribution in [2.75, 3.05) is 39.6 Å². The Morgan fingerprint density at radius 1 is 0.548 bits per heavy atom. The predicted octanol–water partition coefficient (Wildman–Crippen LogP) is 5.02. The van der Waals surface area contributed by atoms with Crippen LogP contribution in [0.5, 0.6) is 0 Å². The molecule has 242 valence electrons. The second-order valence-electron chi connectivity index (χ2n) is 9.82. The SMILES string of the molecule is CCO[Si](CCCn1nc(C(C)c2nc(CC)n(CCC[Si](OCC)(OCC)OCC)n2)nc1CC)(OCC)OCC. The number of hydrogen-bond donors (Lipinski definition) is 0. The van der Waals surface area contributed by atoms with E-state index in [4.69, 9.17) is 46.7 Å². The molecule has 0 saturated carbocycles. The van der Waals surface area contributed by atoms with Crippen molar-refractivity contribution in [1.82, 2.24) is 29.5 Å². The van der Waals surface area contributed by atoms with Crippen molar-refractivity contribution in [2.24, 2.45) is 0 Å². The second kappa shape index (κ2) is 19.0. The average molecular weight is 629 g/mol. The van der Waals surface area contributed by atoms with Crippen molar-refractivity contribution in [3.63, 3.8) is 0 Å². The van der Waals surface area contributed by atoms with E-state index in [0.717, 1.165) is 74.2 Å². The fourth-order valence-electron chi connectivity index (χ4n) is 5.04. The Kier molecular flexibility index (Phi) is 16.6. The van der Waals surface area contributed by atoms with Crippen LogP contribution in [-0.2, 0) is 52.5 Å². The molecule has 2 rings (SSSR count). The Hall–Kier alpha value is -1.53. The smallest absolute Gasteiger partial charge is 0.374 e. The molecule has 0 aliphatic heterocycles. The zero-order valence-corrected chi connectivity index (χ0v) is 29.6. The molecule has 0 radical (unpaired) electrons. The lowest BCUT2D eigenvalue weighted by Crippen LogP contribution is -2.46. The van der Waals surface area contributed by atoms with Crippen molar-refractivity contribution in [3.05, 3.63) is 23.3 Å². The molecule has 0 saturated heterocycles. The first-order valence-electron chi connectivity index (χ1n) is 16.0. The van der Waals surface area contributed by atoms with E-state index in [0.29, 0.717) is 39.6 Å². The van der Waals surface area contributed by atoms with E-state index in [2.05, 4.69) is 20.8 Å². The van der Waals surface area contributed by atoms with Crippen LogP contribution in [0.2, 0.25) is 12.1 Å². The molecule has 0 atom stereocenters. The Labute approximate surface area is 255 Å². The standard InChI is InChI=1S/C28H56N6O6Si2/c1-10-25-29-27(31-33(25)20-18-22-41(35-12-3,36-13-4)37-14-5)24(9)28-30-26(11-2)34(32-28)21-19-23-42(38-15-6,39-16-7)40-17-8/h24H,10-23H2,1-9H3. The molecule has 0 spiro atoms. The number of rotatable bonds is 24. The van der Waals surface area contributed by atoms with E-state index < -0.39 is 17.6 Å². The number of nitrogens with zero attached hydrogens (tertiary/aromatic N) is 6. The average Bonchev–Trinajstić information content (AvgIpc) is 3.57. The van der Waals surface area contributed by atoms with Gasteiger partial charge in [-0.2, -0.15) is 10.2 Å². The van der Waals surface area contributed by atoms with Crippen LogP contribution < -0.4 is 0 Å². The summed E-state index contributed by atoms with van der Waals surface area (Å²) in [4.78, 5) is 9.77. The second-order valence-corrected chi connectivity index (χ2v) is 15.3. The van der Waals surface area contributed by atoms with Gasteiger partial charge < -0.3 is 26.6 Å². The normalized spacial score (nSPS) is 12.6. The van der Waals surface area contributed by atoms with Crippen molar-refractivity contribution in [2.45, 2.75) is 119 Å². The van der Waals surface area contributed by atoms with Crippen LogP contribution in [0.15, 0.2) is 0 Å². The van der Waals surface area contributed by atoms with Crippen molar-refractivity contribution in [3.8, 4) is 0 Å². The molecule has 42 heavy (non-hydrogen) atoms. The molecule has 0 aliphatic carbocycles. The van der Waals surface area contributed by atoms with Gasteiger partial charge in [-0.3, -0.25) is 0 Å². The van der Waals surface area contributed by atoms with Gasteiger partial charge in [-0.15, -0.1) is 0 Å². The van der Waals surface area contributed by atoms with Crippen LogP contribution in [-0.4, -0.2) is 86.8 Å². The van der Waals surface area contributed by atoms with Gasteiger partial charge in [0, 0.05) is 77.7 Å². The third-order valence-electron chi connectivity index (χ3n) is 6.83. The largest absolute Gasteiger partial charge is 0.500 e. The molecule has 0 fully saturated rings. The molecule has 0 N–H and O–H groups in total. The summed E-state index contributed by atoms with van der Waals surface area (Å²) in [6, 6.07) is 1.48. The van der Waals surface area contributed by atoms with Crippen LogP contribution in [0.3, 0.4) is 0 Å². The van der Waals surface area contributed by atoms with Crippen molar-refractivity contribution in [1.29, 1.82) is 0 Å². The summed E-state index contributed by atoms with van der Waals surface area (Å²) < 4.78 is 40.2. The molecule has 0 bridgehead atoms. The summed E-state index contributed by atoms with van der Waals surface area (Å²) in [6.07, 6.45) is 3.24. The third-order valence-corrected chi connectivity index (χ3v) is 13.1. The van der Waals surface area contributed by atoms with E-state index in [-0.39, 0.29) is 5.92 Å². The maximum absolute atomic E-state index is 6.02. The quantitative estimate of drug-likeness (QED) is 0.147. The molecule has 0 aromatic carbocycles. The van der Waals surface area contributed by atoms with Gasteiger partial charge in [0.1, 0.15) is 11.6 Å². The lowest BCUT2D eigenvalue weighted by Gasteiger charge is -2.28. The number of hydrogen-bond acceptors (Lipinski definition) is 10. The van der Waals surface area contributed by atoms with Gasteiger partial charge >= 0.3 is 17.6 Å². The molecular formula is C28H56N6O6Si2. The Bertz CT molecular complexity index is 911. The molecule has 0 unspecified atom stereocenters. The highest BCUT2D eigenvalue weighted by molar-refractivity contribution is 6.61. The predicted molar refractivity (Wildman–Crippen MR) is 166 cm³/mol. The third kappa shape index (κ3) is 10.3. The zero-order valence-electron chi connectivity index (χ0n) is 27.6. The van der Waals surface area contributed by atoms with E-state index in [9.17, 15) is 0 Å². The van der Waals surface area contributed by atoms with E-state index in [1.807, 2.05) is 50.9 Å². The lowest BCUT2D eigenvalue weighted by molar-refractivity contribution is 0.0696. The first-order chi connectivity index (χ1) is 20.3. The molecule has 2 heterocycles. The molecule has 12 nitrogen and oxygen atoms in total. The van der Waals surface area contributed by atoms with Crippen molar-refractivity contribution < 1.29 is 26.6 Å². The Morgan fingerprint density at radius 2 is 0.857 bits per heavy atom. The van der Waals surface area contributed by atoms with Gasteiger partial charge in [-0.25, -0.2) is 19.3 Å². The first-order valence-corrected chi connectivity index (χ1v) is 19.9. The van der Waals surface area contributed by atoms with Crippen LogP contribution in [0.4, 0.5) is 0 Å².